The molecule has 0 spiro atoms. The number of hydrogen-bond acceptors (Lipinski definition) is 7. The summed E-state index contributed by atoms with van der Waals surface area (Å²) >= 11 is 1.37. The Labute approximate surface area is 248 Å². The Morgan fingerprint density at radius 1 is 1.07 bits per heavy atom. The number of benzene rings is 2. The second-order valence-corrected chi connectivity index (χ2v) is 12.8. The van der Waals surface area contributed by atoms with Gasteiger partial charge in [-0.2, -0.15) is 0 Å². The van der Waals surface area contributed by atoms with E-state index in [9.17, 15) is 14.4 Å². The summed E-state index contributed by atoms with van der Waals surface area (Å²) in [5.41, 5.74) is 2.53. The van der Waals surface area contributed by atoms with Gasteiger partial charge in [0.05, 0.1) is 23.5 Å². The van der Waals surface area contributed by atoms with Gasteiger partial charge in [-0.05, 0) is 76.1 Å². The topological polar surface area (TPSA) is 113 Å². The zero-order chi connectivity index (χ0) is 29.6. The molecule has 2 unspecified atom stereocenters. The second kappa shape index (κ2) is 10.9. The van der Waals surface area contributed by atoms with E-state index in [2.05, 4.69) is 15.6 Å². The van der Waals surface area contributed by atoms with E-state index in [1.54, 1.807) is 16.0 Å². The summed E-state index contributed by atoms with van der Waals surface area (Å²) in [5, 5.41) is 6.13. The van der Waals surface area contributed by atoms with Crippen molar-refractivity contribution in [3.8, 4) is 11.5 Å². The van der Waals surface area contributed by atoms with Crippen LogP contribution in [0.3, 0.4) is 0 Å². The fraction of sp³-hybridized carbons (Fsp3) is 0.355. The highest BCUT2D eigenvalue weighted by Crippen LogP contribution is 2.51. The van der Waals surface area contributed by atoms with E-state index < -0.39 is 23.0 Å². The number of ether oxygens (including phenoxy) is 2. The average Bonchev–Trinajstić information content (AvgIpc) is 3.54. The quantitative estimate of drug-likeness (QED) is 0.395. The van der Waals surface area contributed by atoms with E-state index in [1.165, 1.54) is 11.8 Å². The number of alkyl carbamates (subject to hydrolysis) is 1. The van der Waals surface area contributed by atoms with Crippen molar-refractivity contribution in [1.82, 2.24) is 20.5 Å². The molecule has 11 heteroatoms. The monoisotopic (exact) mass is 587 g/mol. The van der Waals surface area contributed by atoms with E-state index in [-0.39, 0.29) is 18.0 Å². The zero-order valence-corrected chi connectivity index (χ0v) is 24.7. The van der Waals surface area contributed by atoms with E-state index in [0.717, 1.165) is 27.6 Å². The largest absolute Gasteiger partial charge is 0.457 e. The number of rotatable bonds is 5. The van der Waals surface area contributed by atoms with Gasteiger partial charge in [-0.15, -0.1) is 0 Å². The molecule has 4 amide bonds. The highest BCUT2D eigenvalue weighted by molar-refractivity contribution is 8.01. The highest BCUT2D eigenvalue weighted by Gasteiger charge is 2.48. The predicted molar refractivity (Wildman–Crippen MR) is 159 cm³/mol. The van der Waals surface area contributed by atoms with Gasteiger partial charge in [0.2, 0.25) is 5.91 Å². The third-order valence-electron chi connectivity index (χ3n) is 7.36. The number of aromatic nitrogens is 1. The van der Waals surface area contributed by atoms with Crippen LogP contribution in [0, 0.1) is 6.92 Å². The number of aryl methyl sites for hydroxylation is 1. The lowest BCUT2D eigenvalue weighted by Gasteiger charge is -2.35. The molecule has 3 aromatic rings. The molecule has 1 aromatic heterocycles. The molecule has 10 nitrogen and oxygen atoms in total. The zero-order valence-electron chi connectivity index (χ0n) is 23.9. The molecule has 4 heterocycles. The van der Waals surface area contributed by atoms with Crippen LogP contribution in [0.5, 0.6) is 11.5 Å². The van der Waals surface area contributed by atoms with E-state index in [0.29, 0.717) is 30.9 Å². The number of nitrogens with zero attached hydrogens (tertiary/aromatic N) is 3. The number of carbonyl (C=O) groups excluding carboxylic acids is 3. The van der Waals surface area contributed by atoms with Gasteiger partial charge in [-0.3, -0.25) is 9.69 Å². The summed E-state index contributed by atoms with van der Waals surface area (Å²) in [4.78, 5) is 47.5. The summed E-state index contributed by atoms with van der Waals surface area (Å²) in [6.07, 6.45) is 1.82. The van der Waals surface area contributed by atoms with Crippen LogP contribution in [0.4, 0.5) is 21.0 Å². The fourth-order valence-electron chi connectivity index (χ4n) is 5.55. The van der Waals surface area contributed by atoms with Gasteiger partial charge >= 0.3 is 12.1 Å². The van der Waals surface area contributed by atoms with Gasteiger partial charge in [0.1, 0.15) is 27.4 Å². The van der Waals surface area contributed by atoms with Crippen molar-refractivity contribution in [2.75, 3.05) is 18.0 Å². The second-order valence-electron chi connectivity index (χ2n) is 11.6. The number of likely N-dealkylation sites (tertiary alicyclic amines) is 1. The first-order valence-electron chi connectivity index (χ1n) is 14.0. The predicted octanol–water partition coefficient (Wildman–Crippen LogP) is 5.68. The Hall–Kier alpha value is -4.25. The molecule has 2 N–H and O–H groups in total. The summed E-state index contributed by atoms with van der Waals surface area (Å²) in [7, 11) is 0. The molecular weight excluding hydrogens is 554 g/mol. The van der Waals surface area contributed by atoms with Crippen molar-refractivity contribution in [3.63, 3.8) is 0 Å². The molecule has 2 aromatic carbocycles. The van der Waals surface area contributed by atoms with Gasteiger partial charge in [-0.25, -0.2) is 14.6 Å². The van der Waals surface area contributed by atoms with Crippen LogP contribution in [0.1, 0.15) is 44.4 Å². The highest BCUT2D eigenvalue weighted by atomic mass is 32.2. The Kier molecular flexibility index (Phi) is 7.22. The number of nitrogens with one attached hydrogen (secondary N) is 2. The van der Waals surface area contributed by atoms with Crippen LogP contribution in [0.2, 0.25) is 0 Å². The molecule has 0 saturated carbocycles. The Morgan fingerprint density at radius 3 is 2.60 bits per heavy atom. The van der Waals surface area contributed by atoms with Gasteiger partial charge in [0.25, 0.3) is 0 Å². The van der Waals surface area contributed by atoms with E-state index in [4.69, 9.17) is 9.47 Å². The molecule has 218 valence electrons. The number of hydrogen-bond donors (Lipinski definition) is 2. The lowest BCUT2D eigenvalue weighted by Crippen LogP contribution is -2.50. The smallest absolute Gasteiger partial charge is 0.407 e. The van der Waals surface area contributed by atoms with Crippen LogP contribution >= 0.6 is 11.8 Å². The van der Waals surface area contributed by atoms with Crippen molar-refractivity contribution in [2.45, 2.75) is 62.1 Å². The van der Waals surface area contributed by atoms with Crippen molar-refractivity contribution in [3.05, 3.63) is 71.9 Å². The number of para-hydroxylation sites is 1. The summed E-state index contributed by atoms with van der Waals surface area (Å²) in [6.45, 7) is 8.26. The van der Waals surface area contributed by atoms with Gasteiger partial charge in [-0.1, -0.05) is 30.0 Å². The van der Waals surface area contributed by atoms with Gasteiger partial charge in [0, 0.05) is 24.8 Å². The minimum Gasteiger partial charge on any atom is -0.457 e. The van der Waals surface area contributed by atoms with Crippen molar-refractivity contribution in [2.24, 2.45) is 0 Å². The number of pyridine rings is 1. The summed E-state index contributed by atoms with van der Waals surface area (Å²) < 4.78 is 11.3. The maximum Gasteiger partial charge on any atom is 0.407 e. The van der Waals surface area contributed by atoms with Crippen molar-refractivity contribution in [1.29, 1.82) is 0 Å². The maximum absolute atomic E-state index is 13.7. The van der Waals surface area contributed by atoms with Crippen molar-refractivity contribution >= 4 is 41.2 Å². The summed E-state index contributed by atoms with van der Waals surface area (Å²) in [5.74, 6) is 1.31. The van der Waals surface area contributed by atoms with E-state index in [1.807, 2.05) is 82.3 Å². The van der Waals surface area contributed by atoms with Crippen LogP contribution in [-0.2, 0) is 9.53 Å². The lowest BCUT2D eigenvalue weighted by molar-refractivity contribution is -0.130. The Bertz CT molecular complexity index is 1540. The van der Waals surface area contributed by atoms with E-state index >= 15 is 0 Å². The summed E-state index contributed by atoms with van der Waals surface area (Å²) in [6, 6.07) is 15.9. The molecule has 0 aliphatic carbocycles. The lowest BCUT2D eigenvalue weighted by atomic mass is 9.99. The number of carbonyl (C=O) groups is 3. The van der Waals surface area contributed by atoms with Gasteiger partial charge in [0.15, 0.2) is 0 Å². The SMILES string of the molecule is Cc1cc(Oc2ccccc2)ccc1N1C(=O)NC2c3c1ccnc3SC2C(=O)N1CC[C@H](NC(=O)OC(C)(C)C)C1. The Balaban J connectivity index is 1.19. The standard InChI is InChI=1S/C31H33N5O5S/c1-18-16-21(40-20-8-6-5-7-9-20)10-11-22(18)36-23-12-14-32-27-24(23)25(34-29(36)38)26(42-27)28(37)35-15-13-19(17-35)33-30(39)41-31(2,3)4/h5-12,14,16,19,25-26H,13,15,17H2,1-4H3,(H,33,39)(H,34,38)/t19-,25?,26?/m0/s1. The molecule has 0 bridgehead atoms. The van der Waals surface area contributed by atoms with Crippen LogP contribution in [-0.4, -0.2) is 57.9 Å². The van der Waals surface area contributed by atoms with Crippen LogP contribution < -0.4 is 20.3 Å². The first-order valence-corrected chi connectivity index (χ1v) is 14.8. The van der Waals surface area contributed by atoms with Crippen LogP contribution in [0.25, 0.3) is 0 Å². The number of anilines is 2. The number of amides is 4. The van der Waals surface area contributed by atoms with Crippen LogP contribution in [0.15, 0.2) is 65.8 Å². The normalized spacial score (nSPS) is 21.0. The first-order chi connectivity index (χ1) is 20.1. The molecule has 3 aliphatic rings. The molecule has 1 fully saturated rings. The third kappa shape index (κ3) is 5.48. The molecule has 3 aliphatic heterocycles. The fourth-order valence-corrected chi connectivity index (χ4v) is 6.86. The maximum atomic E-state index is 13.7. The Morgan fingerprint density at radius 2 is 1.86 bits per heavy atom. The molecule has 6 rings (SSSR count). The third-order valence-corrected chi connectivity index (χ3v) is 8.63. The first kappa shape index (κ1) is 27.9. The number of thioether (sulfide) groups is 1. The minimum absolute atomic E-state index is 0.0882. The molecule has 42 heavy (non-hydrogen) atoms. The van der Waals surface area contributed by atoms with Crippen molar-refractivity contribution < 1.29 is 23.9 Å². The molecular formula is C31H33N5O5S. The molecule has 3 atom stereocenters. The molecule has 1 saturated heterocycles. The number of urea groups is 1. The van der Waals surface area contributed by atoms with Gasteiger partial charge < -0.3 is 25.0 Å². The average molecular weight is 588 g/mol. The molecule has 0 radical (unpaired) electrons. The minimum atomic E-state index is -0.598.